The molecule has 3 heteroatoms. The van der Waals surface area contributed by atoms with E-state index < -0.39 is 0 Å². The van der Waals surface area contributed by atoms with Crippen molar-refractivity contribution in [3.05, 3.63) is 20.8 Å². The van der Waals surface area contributed by atoms with E-state index in [4.69, 9.17) is 0 Å². The van der Waals surface area contributed by atoms with E-state index in [1.54, 1.807) is 0 Å². The number of hydrogen-bond acceptors (Lipinski definition) is 2. The summed E-state index contributed by atoms with van der Waals surface area (Å²) in [5.74, 6) is 2.09. The van der Waals surface area contributed by atoms with Gasteiger partial charge in [-0.15, -0.1) is 11.3 Å². The van der Waals surface area contributed by atoms with Crippen molar-refractivity contribution in [2.45, 2.75) is 57.5 Å². The molecule has 3 unspecified atom stereocenters. The van der Waals surface area contributed by atoms with Crippen LogP contribution in [0, 0.1) is 11.8 Å². The number of halogens is 1. The maximum absolute atomic E-state index is 3.77. The van der Waals surface area contributed by atoms with E-state index >= 15 is 0 Å². The third-order valence-electron chi connectivity index (χ3n) is 4.73. The third-order valence-corrected chi connectivity index (χ3v) is 6.36. The van der Waals surface area contributed by atoms with Gasteiger partial charge in [0.1, 0.15) is 0 Å². The Kier molecular flexibility index (Phi) is 4.42. The molecule has 18 heavy (non-hydrogen) atoms. The lowest BCUT2D eigenvalue weighted by Crippen LogP contribution is -2.38. The maximum atomic E-state index is 3.77. The number of hydrogen-bond donors (Lipinski definition) is 1. The Hall–Kier alpha value is 0.140. The van der Waals surface area contributed by atoms with Crippen LogP contribution in [0.4, 0.5) is 0 Å². The van der Waals surface area contributed by atoms with Gasteiger partial charge < -0.3 is 5.32 Å². The van der Waals surface area contributed by atoms with Gasteiger partial charge in [-0.2, -0.15) is 0 Å². The average molecular weight is 328 g/mol. The molecule has 3 rings (SSSR count). The summed E-state index contributed by atoms with van der Waals surface area (Å²) in [6, 6.07) is 5.15. The van der Waals surface area contributed by atoms with Gasteiger partial charge in [-0.1, -0.05) is 25.7 Å². The number of rotatable bonds is 3. The molecule has 0 aromatic carbocycles. The minimum atomic E-state index is 0.769. The molecular formula is C15H22BrNS. The van der Waals surface area contributed by atoms with Gasteiger partial charge in [-0.3, -0.25) is 0 Å². The summed E-state index contributed by atoms with van der Waals surface area (Å²) in [5, 5.41) is 3.77. The Morgan fingerprint density at radius 2 is 1.94 bits per heavy atom. The molecule has 2 fully saturated rings. The summed E-state index contributed by atoms with van der Waals surface area (Å²) >= 11 is 5.39. The smallest absolute Gasteiger partial charge is 0.0701 e. The standard InChI is InChI=1S/C15H22BrNS/c16-15-8-7-14(18-15)10-17-13-6-5-11-3-1-2-4-12(11)9-13/h7-8,11-13,17H,1-6,9-10H2. The largest absolute Gasteiger partial charge is 0.309 e. The minimum absolute atomic E-state index is 0.769. The van der Waals surface area contributed by atoms with Crippen LogP contribution in [-0.2, 0) is 6.54 Å². The first-order valence-corrected chi connectivity index (χ1v) is 8.90. The molecule has 0 aliphatic heterocycles. The first-order valence-electron chi connectivity index (χ1n) is 7.29. The van der Waals surface area contributed by atoms with Gasteiger partial charge in [0, 0.05) is 17.5 Å². The quantitative estimate of drug-likeness (QED) is 0.827. The molecule has 0 spiro atoms. The zero-order valence-electron chi connectivity index (χ0n) is 10.8. The van der Waals surface area contributed by atoms with Crippen LogP contribution >= 0.6 is 27.3 Å². The first kappa shape index (κ1) is 13.1. The zero-order valence-corrected chi connectivity index (χ0v) is 13.2. The van der Waals surface area contributed by atoms with E-state index in [2.05, 4.69) is 33.4 Å². The molecule has 0 bridgehead atoms. The topological polar surface area (TPSA) is 12.0 Å². The van der Waals surface area contributed by atoms with Crippen molar-refractivity contribution in [1.82, 2.24) is 5.32 Å². The van der Waals surface area contributed by atoms with E-state index in [1.807, 2.05) is 11.3 Å². The van der Waals surface area contributed by atoms with Crippen LogP contribution in [0.15, 0.2) is 15.9 Å². The SMILES string of the molecule is Brc1ccc(CNC2CCC3CCCCC3C2)s1. The van der Waals surface area contributed by atoms with Crippen LogP contribution in [0.3, 0.4) is 0 Å². The number of fused-ring (bicyclic) bond motifs is 1. The van der Waals surface area contributed by atoms with E-state index in [0.717, 1.165) is 24.4 Å². The predicted molar refractivity (Wildman–Crippen MR) is 81.9 cm³/mol. The Morgan fingerprint density at radius 1 is 1.11 bits per heavy atom. The molecule has 1 N–H and O–H groups in total. The van der Waals surface area contributed by atoms with Crippen LogP contribution in [-0.4, -0.2) is 6.04 Å². The highest BCUT2D eigenvalue weighted by Crippen LogP contribution is 2.40. The van der Waals surface area contributed by atoms with Crippen molar-refractivity contribution in [3.63, 3.8) is 0 Å². The second-order valence-corrected chi connectivity index (χ2v) is 8.45. The second-order valence-electron chi connectivity index (χ2n) is 5.90. The minimum Gasteiger partial charge on any atom is -0.309 e. The molecule has 0 amide bonds. The van der Waals surface area contributed by atoms with Crippen molar-refractivity contribution in [2.75, 3.05) is 0 Å². The van der Waals surface area contributed by atoms with Gasteiger partial charge in [-0.25, -0.2) is 0 Å². The molecule has 2 aliphatic rings. The fourth-order valence-corrected chi connectivity index (χ4v) is 5.18. The monoisotopic (exact) mass is 327 g/mol. The molecule has 1 heterocycles. The van der Waals surface area contributed by atoms with Gasteiger partial charge in [0.15, 0.2) is 0 Å². The summed E-state index contributed by atoms with van der Waals surface area (Å²) in [4.78, 5) is 1.45. The number of nitrogens with one attached hydrogen (secondary N) is 1. The summed E-state index contributed by atoms with van der Waals surface area (Å²) in [7, 11) is 0. The van der Waals surface area contributed by atoms with Crippen LogP contribution < -0.4 is 5.32 Å². The van der Waals surface area contributed by atoms with Crippen molar-refractivity contribution in [1.29, 1.82) is 0 Å². The summed E-state index contributed by atoms with van der Waals surface area (Å²) in [6.45, 7) is 1.05. The Labute approximate surface area is 122 Å². The lowest BCUT2D eigenvalue weighted by atomic mass is 9.69. The van der Waals surface area contributed by atoms with Crippen LogP contribution in [0.1, 0.15) is 49.8 Å². The molecule has 1 aromatic rings. The molecule has 3 atom stereocenters. The Bertz CT molecular complexity index is 390. The number of thiophene rings is 1. The normalized spacial score (nSPS) is 32.2. The van der Waals surface area contributed by atoms with Gasteiger partial charge in [0.2, 0.25) is 0 Å². The molecule has 0 saturated heterocycles. The molecule has 100 valence electrons. The van der Waals surface area contributed by atoms with Gasteiger partial charge in [0.25, 0.3) is 0 Å². The highest BCUT2D eigenvalue weighted by atomic mass is 79.9. The zero-order chi connectivity index (χ0) is 12.4. The first-order chi connectivity index (χ1) is 8.81. The van der Waals surface area contributed by atoms with Crippen molar-refractivity contribution < 1.29 is 0 Å². The van der Waals surface area contributed by atoms with Crippen molar-refractivity contribution in [2.24, 2.45) is 11.8 Å². The molecule has 2 aliphatic carbocycles. The van der Waals surface area contributed by atoms with E-state index in [9.17, 15) is 0 Å². The second kappa shape index (κ2) is 6.06. The van der Waals surface area contributed by atoms with Crippen molar-refractivity contribution >= 4 is 27.3 Å². The molecule has 1 aromatic heterocycles. The molecule has 2 saturated carbocycles. The molecule has 1 nitrogen and oxygen atoms in total. The van der Waals surface area contributed by atoms with E-state index in [1.165, 1.54) is 53.6 Å². The van der Waals surface area contributed by atoms with E-state index in [-0.39, 0.29) is 0 Å². The van der Waals surface area contributed by atoms with E-state index in [0.29, 0.717) is 0 Å². The van der Waals surface area contributed by atoms with Gasteiger partial charge in [-0.05, 0) is 59.2 Å². The Morgan fingerprint density at radius 3 is 2.72 bits per heavy atom. The highest BCUT2D eigenvalue weighted by molar-refractivity contribution is 9.11. The predicted octanol–water partition coefficient (Wildman–Crippen LogP) is 4.96. The lowest BCUT2D eigenvalue weighted by Gasteiger charge is -2.39. The summed E-state index contributed by atoms with van der Waals surface area (Å²) in [5.41, 5.74) is 0. The maximum Gasteiger partial charge on any atom is 0.0701 e. The Balaban J connectivity index is 1.49. The fraction of sp³-hybridized carbons (Fsp3) is 0.733. The highest BCUT2D eigenvalue weighted by Gasteiger charge is 2.31. The third kappa shape index (κ3) is 3.17. The van der Waals surface area contributed by atoms with Crippen molar-refractivity contribution in [3.8, 4) is 0 Å². The lowest BCUT2D eigenvalue weighted by molar-refractivity contribution is 0.143. The van der Waals surface area contributed by atoms with Crippen LogP contribution in [0.5, 0.6) is 0 Å². The van der Waals surface area contributed by atoms with Crippen LogP contribution in [0.2, 0.25) is 0 Å². The average Bonchev–Trinajstić information content (AvgIpc) is 2.82. The molecule has 0 radical (unpaired) electrons. The molecular weight excluding hydrogens is 306 g/mol. The van der Waals surface area contributed by atoms with Gasteiger partial charge >= 0.3 is 0 Å². The summed E-state index contributed by atoms with van der Waals surface area (Å²) in [6.07, 6.45) is 10.3. The van der Waals surface area contributed by atoms with Crippen LogP contribution in [0.25, 0.3) is 0 Å². The fourth-order valence-electron chi connectivity index (χ4n) is 3.75. The van der Waals surface area contributed by atoms with Gasteiger partial charge in [0.05, 0.1) is 3.79 Å². The summed E-state index contributed by atoms with van der Waals surface area (Å²) < 4.78 is 1.25.